The lowest BCUT2D eigenvalue weighted by Gasteiger charge is -1.93. The Labute approximate surface area is 78.6 Å². The number of ketones is 1. The molecule has 1 rings (SSSR count). The SMILES string of the molecule is O=C(C=NO)c1ccc([N+](=O)[O-])cc1. The Hall–Kier alpha value is -2.24. The van der Waals surface area contributed by atoms with Crippen molar-refractivity contribution in [2.24, 2.45) is 5.16 Å². The molecule has 0 saturated heterocycles. The van der Waals surface area contributed by atoms with E-state index in [4.69, 9.17) is 5.21 Å². The molecule has 0 radical (unpaired) electrons. The number of benzene rings is 1. The summed E-state index contributed by atoms with van der Waals surface area (Å²) < 4.78 is 0. The van der Waals surface area contributed by atoms with Gasteiger partial charge in [0.2, 0.25) is 5.78 Å². The van der Waals surface area contributed by atoms with Gasteiger partial charge in [0.25, 0.3) is 5.69 Å². The van der Waals surface area contributed by atoms with E-state index in [9.17, 15) is 14.9 Å². The number of hydrogen-bond donors (Lipinski definition) is 1. The van der Waals surface area contributed by atoms with Crippen LogP contribution in [0.4, 0.5) is 5.69 Å². The van der Waals surface area contributed by atoms with Gasteiger partial charge in [-0.25, -0.2) is 0 Å². The van der Waals surface area contributed by atoms with Crippen LogP contribution >= 0.6 is 0 Å². The molecule has 0 aromatic heterocycles. The molecule has 0 aliphatic rings. The highest BCUT2D eigenvalue weighted by atomic mass is 16.6. The van der Waals surface area contributed by atoms with Crippen LogP contribution in [0.3, 0.4) is 0 Å². The molecule has 0 unspecified atom stereocenters. The molecule has 1 aromatic rings. The van der Waals surface area contributed by atoms with Crippen molar-refractivity contribution in [1.29, 1.82) is 0 Å². The minimum absolute atomic E-state index is 0.0949. The number of hydrogen-bond acceptors (Lipinski definition) is 5. The van der Waals surface area contributed by atoms with E-state index in [0.29, 0.717) is 0 Å². The third kappa shape index (κ3) is 2.13. The summed E-state index contributed by atoms with van der Waals surface area (Å²) in [6, 6.07) is 5.00. The van der Waals surface area contributed by atoms with Gasteiger partial charge >= 0.3 is 0 Å². The summed E-state index contributed by atoms with van der Waals surface area (Å²) in [6.45, 7) is 0. The van der Waals surface area contributed by atoms with E-state index in [-0.39, 0.29) is 11.3 Å². The van der Waals surface area contributed by atoms with Crippen LogP contribution < -0.4 is 0 Å². The van der Waals surface area contributed by atoms with E-state index in [1.165, 1.54) is 24.3 Å². The number of rotatable bonds is 3. The van der Waals surface area contributed by atoms with Gasteiger partial charge in [0.15, 0.2) is 0 Å². The van der Waals surface area contributed by atoms with Crippen molar-refractivity contribution in [3.8, 4) is 0 Å². The minimum atomic E-state index is -0.561. The van der Waals surface area contributed by atoms with E-state index in [0.717, 1.165) is 6.21 Å². The van der Waals surface area contributed by atoms with Crippen molar-refractivity contribution in [2.45, 2.75) is 0 Å². The van der Waals surface area contributed by atoms with Crippen LogP contribution in [0, 0.1) is 10.1 Å². The fourth-order valence-corrected chi connectivity index (χ4v) is 0.874. The van der Waals surface area contributed by atoms with Gasteiger partial charge in [-0.05, 0) is 12.1 Å². The van der Waals surface area contributed by atoms with E-state index in [1.54, 1.807) is 0 Å². The highest BCUT2D eigenvalue weighted by Crippen LogP contribution is 2.11. The smallest absolute Gasteiger partial charge is 0.269 e. The van der Waals surface area contributed by atoms with Gasteiger partial charge < -0.3 is 5.21 Å². The zero-order chi connectivity index (χ0) is 10.6. The van der Waals surface area contributed by atoms with Gasteiger partial charge in [0.05, 0.1) is 4.92 Å². The van der Waals surface area contributed by atoms with E-state index in [2.05, 4.69) is 5.16 Å². The lowest BCUT2D eigenvalue weighted by molar-refractivity contribution is -0.384. The Balaban J connectivity index is 2.94. The van der Waals surface area contributed by atoms with Crippen molar-refractivity contribution in [2.75, 3.05) is 0 Å². The molecule has 14 heavy (non-hydrogen) atoms. The average molecular weight is 194 g/mol. The summed E-state index contributed by atoms with van der Waals surface area (Å²) in [5, 5.41) is 20.9. The number of oxime groups is 1. The normalized spacial score (nSPS) is 10.3. The van der Waals surface area contributed by atoms with Gasteiger partial charge in [0, 0.05) is 17.7 Å². The van der Waals surface area contributed by atoms with Crippen molar-refractivity contribution in [3.63, 3.8) is 0 Å². The minimum Gasteiger partial charge on any atom is -0.411 e. The van der Waals surface area contributed by atoms with Crippen LogP contribution in [0.25, 0.3) is 0 Å². The maximum absolute atomic E-state index is 11.0. The second-order valence-corrected chi connectivity index (χ2v) is 2.41. The Kier molecular flexibility index (Phi) is 2.90. The summed E-state index contributed by atoms with van der Waals surface area (Å²) in [5.74, 6) is -0.512. The average Bonchev–Trinajstić information content (AvgIpc) is 2.18. The fourth-order valence-electron chi connectivity index (χ4n) is 0.874. The molecule has 0 bridgehead atoms. The van der Waals surface area contributed by atoms with Crippen LogP contribution in [0.1, 0.15) is 10.4 Å². The van der Waals surface area contributed by atoms with Gasteiger partial charge in [-0.2, -0.15) is 0 Å². The molecule has 0 fully saturated rings. The second-order valence-electron chi connectivity index (χ2n) is 2.41. The Bertz CT molecular complexity index is 383. The molecule has 0 atom stereocenters. The molecular formula is C8H6N2O4. The van der Waals surface area contributed by atoms with Crippen LogP contribution in [0.5, 0.6) is 0 Å². The van der Waals surface area contributed by atoms with Gasteiger partial charge in [0.1, 0.15) is 6.21 Å². The summed E-state index contributed by atoms with van der Waals surface area (Å²) in [5.41, 5.74) is 0.135. The molecule has 72 valence electrons. The van der Waals surface area contributed by atoms with Gasteiger partial charge in [-0.3, -0.25) is 14.9 Å². The fraction of sp³-hybridized carbons (Fsp3) is 0. The zero-order valence-corrected chi connectivity index (χ0v) is 6.95. The van der Waals surface area contributed by atoms with E-state index >= 15 is 0 Å². The van der Waals surface area contributed by atoms with Crippen molar-refractivity contribution >= 4 is 17.7 Å². The first kappa shape index (κ1) is 9.85. The third-order valence-corrected chi connectivity index (χ3v) is 1.54. The largest absolute Gasteiger partial charge is 0.411 e. The monoisotopic (exact) mass is 194 g/mol. The number of Topliss-reactive ketones (excluding diaryl/α,β-unsaturated/α-hetero) is 1. The number of nitrogens with zero attached hydrogens (tertiary/aromatic N) is 2. The summed E-state index contributed by atoms with van der Waals surface area (Å²) in [7, 11) is 0. The first-order valence-electron chi connectivity index (χ1n) is 3.61. The number of nitro benzene ring substituents is 1. The second kappa shape index (κ2) is 4.13. The molecular weight excluding hydrogens is 188 g/mol. The Morgan fingerprint density at radius 2 is 2.00 bits per heavy atom. The van der Waals surface area contributed by atoms with E-state index < -0.39 is 10.7 Å². The highest BCUT2D eigenvalue weighted by molar-refractivity contribution is 6.35. The predicted molar refractivity (Wildman–Crippen MR) is 47.7 cm³/mol. The van der Waals surface area contributed by atoms with Crippen LogP contribution in [-0.2, 0) is 0 Å². The predicted octanol–water partition coefficient (Wildman–Crippen LogP) is 1.24. The molecule has 1 aromatic carbocycles. The molecule has 0 heterocycles. The quantitative estimate of drug-likeness (QED) is 0.257. The first-order chi connectivity index (χ1) is 6.65. The van der Waals surface area contributed by atoms with Gasteiger partial charge in [-0.1, -0.05) is 5.16 Å². The van der Waals surface area contributed by atoms with Crippen LogP contribution in [0.15, 0.2) is 29.4 Å². The molecule has 0 amide bonds. The molecule has 0 saturated carbocycles. The Morgan fingerprint density at radius 3 is 2.43 bits per heavy atom. The van der Waals surface area contributed by atoms with Crippen LogP contribution in [0.2, 0.25) is 0 Å². The van der Waals surface area contributed by atoms with E-state index in [1.807, 2.05) is 0 Å². The maximum Gasteiger partial charge on any atom is 0.269 e. The topological polar surface area (TPSA) is 92.8 Å². The third-order valence-electron chi connectivity index (χ3n) is 1.54. The molecule has 6 nitrogen and oxygen atoms in total. The van der Waals surface area contributed by atoms with Crippen molar-refractivity contribution < 1.29 is 14.9 Å². The Morgan fingerprint density at radius 1 is 1.43 bits per heavy atom. The number of carbonyl (C=O) groups is 1. The molecule has 6 heteroatoms. The molecule has 1 N–H and O–H groups in total. The maximum atomic E-state index is 11.0. The lowest BCUT2D eigenvalue weighted by Crippen LogP contribution is -2.00. The summed E-state index contributed by atoms with van der Waals surface area (Å²) in [6.07, 6.45) is 0.723. The van der Waals surface area contributed by atoms with Crippen LogP contribution in [-0.4, -0.2) is 22.1 Å². The first-order valence-corrected chi connectivity index (χ1v) is 3.61. The summed E-state index contributed by atoms with van der Waals surface area (Å²) in [4.78, 5) is 20.7. The highest BCUT2D eigenvalue weighted by Gasteiger charge is 2.07. The van der Waals surface area contributed by atoms with Crippen molar-refractivity contribution in [1.82, 2.24) is 0 Å². The number of non-ortho nitro benzene ring substituents is 1. The summed E-state index contributed by atoms with van der Waals surface area (Å²) >= 11 is 0. The molecule has 0 aliphatic heterocycles. The molecule has 0 aliphatic carbocycles. The number of carbonyl (C=O) groups excluding carboxylic acids is 1. The number of nitro groups is 1. The van der Waals surface area contributed by atoms with Crippen molar-refractivity contribution in [3.05, 3.63) is 39.9 Å². The standard InChI is InChI=1S/C8H6N2O4/c11-8(5-9-12)6-1-3-7(4-2-6)10(13)14/h1-5,12H. The lowest BCUT2D eigenvalue weighted by atomic mass is 10.1. The molecule has 0 spiro atoms. The van der Waals surface area contributed by atoms with Gasteiger partial charge in [-0.15, -0.1) is 0 Å². The zero-order valence-electron chi connectivity index (χ0n) is 6.95.